The molecule has 1 atom stereocenters. The van der Waals surface area contributed by atoms with Crippen molar-refractivity contribution in [3.63, 3.8) is 0 Å². The Morgan fingerprint density at radius 3 is 2.52 bits per heavy atom. The summed E-state index contributed by atoms with van der Waals surface area (Å²) >= 11 is 0. The third kappa shape index (κ3) is 2.45. The van der Waals surface area contributed by atoms with Crippen molar-refractivity contribution in [3.05, 3.63) is 65.9 Å². The summed E-state index contributed by atoms with van der Waals surface area (Å²) in [4.78, 5) is 0.149. The molecule has 0 spiro atoms. The molecule has 0 aromatic heterocycles. The molecular formula is C17H14N2O3S. The molecule has 0 bridgehead atoms. The second-order valence-electron chi connectivity index (χ2n) is 4.96. The Balaban J connectivity index is 2.13. The molecule has 2 aromatic carbocycles. The quantitative estimate of drug-likeness (QED) is 0.869. The van der Waals surface area contributed by atoms with Crippen LogP contribution < -0.4 is 4.74 Å². The molecule has 0 fully saturated rings. The van der Waals surface area contributed by atoms with Crippen molar-refractivity contribution in [3.8, 4) is 11.8 Å². The predicted octanol–water partition coefficient (Wildman–Crippen LogP) is 2.94. The van der Waals surface area contributed by atoms with Gasteiger partial charge in [-0.2, -0.15) is 5.26 Å². The first kappa shape index (κ1) is 15.1. The van der Waals surface area contributed by atoms with Gasteiger partial charge in [-0.3, -0.25) is 4.31 Å². The number of benzene rings is 2. The molecule has 0 saturated heterocycles. The Morgan fingerprint density at radius 2 is 1.87 bits per heavy atom. The summed E-state index contributed by atoms with van der Waals surface area (Å²) in [6, 6.07) is 14.5. The van der Waals surface area contributed by atoms with Crippen LogP contribution in [0.2, 0.25) is 0 Å². The van der Waals surface area contributed by atoms with Gasteiger partial charge in [0.2, 0.25) is 0 Å². The Hall–Kier alpha value is -2.78. The number of sulfonamides is 1. The Labute approximate surface area is 135 Å². The Morgan fingerprint density at radius 1 is 1.13 bits per heavy atom. The van der Waals surface area contributed by atoms with Gasteiger partial charge in [-0.25, -0.2) is 8.42 Å². The monoisotopic (exact) mass is 326 g/mol. The SMILES string of the molecule is COc1cccc2c1C=CN(S(=O)(=O)c1ccccc1)C2C#N. The number of rotatable bonds is 3. The number of ether oxygens (including phenoxy) is 1. The minimum atomic E-state index is -3.80. The molecule has 0 amide bonds. The van der Waals surface area contributed by atoms with Crippen LogP contribution in [0.1, 0.15) is 17.2 Å². The Kier molecular flexibility index (Phi) is 3.80. The van der Waals surface area contributed by atoms with Gasteiger partial charge in [0.25, 0.3) is 10.0 Å². The molecular weight excluding hydrogens is 312 g/mol. The van der Waals surface area contributed by atoms with Gasteiger partial charge in [-0.05, 0) is 24.3 Å². The molecule has 3 rings (SSSR count). The van der Waals surface area contributed by atoms with Gasteiger partial charge in [0.15, 0.2) is 6.04 Å². The third-order valence-corrected chi connectivity index (χ3v) is 5.45. The fourth-order valence-corrected chi connectivity index (χ4v) is 3.99. The van der Waals surface area contributed by atoms with Crippen LogP contribution in [-0.2, 0) is 10.0 Å². The van der Waals surface area contributed by atoms with E-state index in [1.165, 1.54) is 25.4 Å². The van der Waals surface area contributed by atoms with Crippen molar-refractivity contribution in [1.29, 1.82) is 5.26 Å². The molecule has 0 aliphatic carbocycles. The molecule has 0 N–H and O–H groups in total. The summed E-state index contributed by atoms with van der Waals surface area (Å²) < 4.78 is 32.0. The third-order valence-electron chi connectivity index (χ3n) is 3.70. The van der Waals surface area contributed by atoms with E-state index >= 15 is 0 Å². The lowest BCUT2D eigenvalue weighted by Crippen LogP contribution is -2.32. The lowest BCUT2D eigenvalue weighted by molar-refractivity contribution is 0.408. The molecule has 1 heterocycles. The van der Waals surface area contributed by atoms with E-state index in [1.807, 2.05) is 0 Å². The van der Waals surface area contributed by atoms with Crippen LogP contribution in [0.25, 0.3) is 6.08 Å². The molecule has 1 unspecified atom stereocenters. The maximum atomic E-state index is 12.8. The maximum Gasteiger partial charge on any atom is 0.265 e. The number of methoxy groups -OCH3 is 1. The number of hydrogen-bond donors (Lipinski definition) is 0. The van der Waals surface area contributed by atoms with Crippen LogP contribution in [-0.4, -0.2) is 19.8 Å². The molecule has 0 saturated carbocycles. The largest absolute Gasteiger partial charge is 0.496 e. The average Bonchev–Trinajstić information content (AvgIpc) is 2.60. The number of fused-ring (bicyclic) bond motifs is 1. The zero-order chi connectivity index (χ0) is 16.4. The van der Waals surface area contributed by atoms with E-state index in [4.69, 9.17) is 4.74 Å². The summed E-state index contributed by atoms with van der Waals surface area (Å²) in [5.74, 6) is 0.607. The van der Waals surface area contributed by atoms with E-state index in [0.29, 0.717) is 11.3 Å². The fraction of sp³-hybridized carbons (Fsp3) is 0.118. The average molecular weight is 326 g/mol. The second kappa shape index (κ2) is 5.78. The van der Waals surface area contributed by atoms with E-state index in [0.717, 1.165) is 9.87 Å². The normalized spacial score (nSPS) is 16.5. The smallest absolute Gasteiger partial charge is 0.265 e. The highest BCUT2D eigenvalue weighted by molar-refractivity contribution is 7.89. The first-order chi connectivity index (χ1) is 11.1. The van der Waals surface area contributed by atoms with Crippen LogP contribution >= 0.6 is 0 Å². The lowest BCUT2D eigenvalue weighted by atomic mass is 9.98. The summed E-state index contributed by atoms with van der Waals surface area (Å²) in [7, 11) is -2.26. The van der Waals surface area contributed by atoms with Crippen molar-refractivity contribution >= 4 is 16.1 Å². The van der Waals surface area contributed by atoms with Gasteiger partial charge >= 0.3 is 0 Å². The molecule has 1 aliphatic rings. The number of hydrogen-bond acceptors (Lipinski definition) is 4. The van der Waals surface area contributed by atoms with Gasteiger partial charge < -0.3 is 4.74 Å². The van der Waals surface area contributed by atoms with Crippen molar-refractivity contribution in [1.82, 2.24) is 4.31 Å². The molecule has 23 heavy (non-hydrogen) atoms. The summed E-state index contributed by atoms with van der Waals surface area (Å²) in [5.41, 5.74) is 1.33. The predicted molar refractivity (Wildman–Crippen MR) is 85.8 cm³/mol. The van der Waals surface area contributed by atoms with Crippen LogP contribution in [0.15, 0.2) is 59.6 Å². The van der Waals surface area contributed by atoms with E-state index in [-0.39, 0.29) is 4.90 Å². The minimum absolute atomic E-state index is 0.149. The maximum absolute atomic E-state index is 12.8. The molecule has 0 radical (unpaired) electrons. The van der Waals surface area contributed by atoms with Crippen molar-refractivity contribution in [2.75, 3.05) is 7.11 Å². The summed E-state index contributed by atoms with van der Waals surface area (Å²) in [6.45, 7) is 0. The fourth-order valence-electron chi connectivity index (χ4n) is 2.59. The highest BCUT2D eigenvalue weighted by atomic mass is 32.2. The number of nitriles is 1. The molecule has 2 aromatic rings. The van der Waals surface area contributed by atoms with Crippen LogP contribution in [0, 0.1) is 11.3 Å². The molecule has 116 valence electrons. The van der Waals surface area contributed by atoms with Crippen molar-refractivity contribution in [2.24, 2.45) is 0 Å². The van der Waals surface area contributed by atoms with Gasteiger partial charge in [0, 0.05) is 17.3 Å². The Bertz CT molecular complexity index is 899. The van der Waals surface area contributed by atoms with Crippen LogP contribution in [0.3, 0.4) is 0 Å². The van der Waals surface area contributed by atoms with Gasteiger partial charge in [0.1, 0.15) is 5.75 Å². The highest BCUT2D eigenvalue weighted by Crippen LogP contribution is 2.37. The van der Waals surface area contributed by atoms with Gasteiger partial charge in [0.05, 0.1) is 18.1 Å². The topological polar surface area (TPSA) is 70.4 Å². The minimum Gasteiger partial charge on any atom is -0.496 e. The standard InChI is InChI=1S/C17H14N2O3S/c1-22-17-9-5-8-14-15(17)10-11-19(16(14)12-18)23(20,21)13-6-3-2-4-7-13/h2-11,16H,1H3. The molecule has 1 aliphatic heterocycles. The molecule has 6 heteroatoms. The lowest BCUT2D eigenvalue weighted by Gasteiger charge is -2.30. The first-order valence-corrected chi connectivity index (χ1v) is 8.37. The van der Waals surface area contributed by atoms with E-state index in [1.54, 1.807) is 42.5 Å². The van der Waals surface area contributed by atoms with E-state index in [2.05, 4.69) is 6.07 Å². The zero-order valence-electron chi connectivity index (χ0n) is 12.4. The van der Waals surface area contributed by atoms with Crippen LogP contribution in [0.5, 0.6) is 5.75 Å². The number of nitrogens with zero attached hydrogens (tertiary/aromatic N) is 2. The molecule has 5 nitrogen and oxygen atoms in total. The first-order valence-electron chi connectivity index (χ1n) is 6.93. The zero-order valence-corrected chi connectivity index (χ0v) is 13.2. The van der Waals surface area contributed by atoms with Gasteiger partial charge in [-0.15, -0.1) is 0 Å². The van der Waals surface area contributed by atoms with E-state index in [9.17, 15) is 13.7 Å². The summed E-state index contributed by atoms with van der Waals surface area (Å²) in [5, 5.41) is 9.55. The second-order valence-corrected chi connectivity index (χ2v) is 6.80. The highest BCUT2D eigenvalue weighted by Gasteiger charge is 2.34. The van der Waals surface area contributed by atoms with E-state index < -0.39 is 16.1 Å². The summed E-state index contributed by atoms with van der Waals surface area (Å²) in [6.07, 6.45) is 3.07. The van der Waals surface area contributed by atoms with Gasteiger partial charge in [-0.1, -0.05) is 30.3 Å². The van der Waals surface area contributed by atoms with Crippen molar-refractivity contribution in [2.45, 2.75) is 10.9 Å². The van der Waals surface area contributed by atoms with Crippen molar-refractivity contribution < 1.29 is 13.2 Å². The van der Waals surface area contributed by atoms with Crippen LogP contribution in [0.4, 0.5) is 0 Å².